The van der Waals surface area contributed by atoms with Crippen molar-refractivity contribution in [2.45, 2.75) is 26.2 Å². The van der Waals surface area contributed by atoms with Crippen molar-refractivity contribution in [1.82, 2.24) is 5.32 Å². The molecule has 7 nitrogen and oxygen atoms in total. The Balaban J connectivity index is 0. The number of rotatable bonds is 4. The normalized spacial score (nSPS) is 11.6. The molecule has 92 valence electrons. The van der Waals surface area contributed by atoms with E-state index in [-0.39, 0.29) is 0 Å². The van der Waals surface area contributed by atoms with E-state index in [1.807, 2.05) is 0 Å². The van der Waals surface area contributed by atoms with Gasteiger partial charge < -0.3 is 11.1 Å². The van der Waals surface area contributed by atoms with Crippen LogP contribution in [-0.2, 0) is 10.4 Å². The summed E-state index contributed by atoms with van der Waals surface area (Å²) in [6, 6.07) is 0. The molecule has 0 amide bonds. The quantitative estimate of drug-likeness (QED) is 0.239. The van der Waals surface area contributed by atoms with E-state index >= 15 is 0 Å². The van der Waals surface area contributed by atoms with Crippen molar-refractivity contribution in [3.63, 3.8) is 0 Å². The Morgan fingerprint density at radius 2 is 1.87 bits per heavy atom. The van der Waals surface area contributed by atoms with Gasteiger partial charge in [-0.05, 0) is 6.42 Å². The second-order valence-electron chi connectivity index (χ2n) is 2.67. The summed E-state index contributed by atoms with van der Waals surface area (Å²) >= 11 is 0. The first-order valence-corrected chi connectivity index (χ1v) is 5.88. The van der Waals surface area contributed by atoms with Gasteiger partial charge in [-0.1, -0.05) is 19.8 Å². The first kappa shape index (κ1) is 16.6. The Kier molecular flexibility index (Phi) is 10.7. The molecule has 0 unspecified atom stereocenters. The summed E-state index contributed by atoms with van der Waals surface area (Å²) in [5.74, 6) is 0.538. The average Bonchev–Trinajstić information content (AvgIpc) is 2.09. The van der Waals surface area contributed by atoms with Crippen LogP contribution in [0.25, 0.3) is 0 Å². The van der Waals surface area contributed by atoms with Gasteiger partial charge in [-0.25, -0.2) is 0 Å². The van der Waals surface area contributed by atoms with E-state index in [2.05, 4.69) is 17.2 Å². The summed E-state index contributed by atoms with van der Waals surface area (Å²) in [6.45, 7) is 3.02. The molecular weight excluding hydrogens is 222 g/mol. The van der Waals surface area contributed by atoms with Gasteiger partial charge in [0.15, 0.2) is 5.96 Å². The summed E-state index contributed by atoms with van der Waals surface area (Å²) in [5.41, 5.74) is 5.39. The third kappa shape index (κ3) is 32.0. The Morgan fingerprint density at radius 1 is 1.40 bits per heavy atom. The summed E-state index contributed by atoms with van der Waals surface area (Å²) in [5, 5.41) is 2.77. The number of nitrogens with one attached hydrogen (secondary N) is 1. The highest BCUT2D eigenvalue weighted by Crippen LogP contribution is 1.92. The number of guanidine groups is 1. The lowest BCUT2D eigenvalue weighted by molar-refractivity contribution is 0.381. The van der Waals surface area contributed by atoms with Crippen LogP contribution in [0.5, 0.6) is 0 Å². The topological polar surface area (TPSA) is 125 Å². The predicted octanol–water partition coefficient (Wildman–Crippen LogP) is 0.0579. The van der Waals surface area contributed by atoms with E-state index in [0.29, 0.717) is 5.96 Å². The number of aliphatic imine (C=N–C) groups is 1. The van der Waals surface area contributed by atoms with Gasteiger partial charge in [-0.2, -0.15) is 8.42 Å². The van der Waals surface area contributed by atoms with Crippen LogP contribution in [0.1, 0.15) is 26.2 Å². The molecule has 0 aliphatic carbocycles. The minimum absolute atomic E-state index is 0.538. The Morgan fingerprint density at radius 3 is 2.20 bits per heavy atom. The van der Waals surface area contributed by atoms with Crippen LogP contribution in [0.4, 0.5) is 0 Å². The number of hydrogen-bond acceptors (Lipinski definition) is 3. The highest BCUT2D eigenvalue weighted by molar-refractivity contribution is 7.79. The summed E-state index contributed by atoms with van der Waals surface area (Å²) < 4.78 is 31.6. The molecule has 0 aromatic rings. The van der Waals surface area contributed by atoms with Gasteiger partial charge in [0, 0.05) is 13.6 Å². The summed E-state index contributed by atoms with van der Waals surface area (Å²) in [6.07, 6.45) is 3.61. The molecule has 0 radical (unpaired) electrons. The number of unbranched alkanes of at least 4 members (excludes halogenated alkanes) is 2. The predicted molar refractivity (Wildman–Crippen MR) is 59.3 cm³/mol. The Hall–Kier alpha value is -0.860. The number of hydrogen-bond donors (Lipinski definition) is 4. The lowest BCUT2D eigenvalue weighted by Gasteiger charge is -1.97. The number of nitrogens with two attached hydrogens (primary N) is 1. The second kappa shape index (κ2) is 9.69. The van der Waals surface area contributed by atoms with E-state index in [0.717, 1.165) is 13.0 Å². The van der Waals surface area contributed by atoms with Crippen molar-refractivity contribution in [3.05, 3.63) is 0 Å². The maximum absolute atomic E-state index is 8.74. The SMILES string of the molecule is CCCCC/N=C(/N)NC.O=S(=O)(O)O. The highest BCUT2D eigenvalue weighted by Gasteiger charge is 1.85. The highest BCUT2D eigenvalue weighted by atomic mass is 32.3. The molecule has 0 saturated carbocycles. The zero-order valence-electron chi connectivity index (χ0n) is 8.97. The van der Waals surface area contributed by atoms with Gasteiger partial charge in [0.05, 0.1) is 0 Å². The van der Waals surface area contributed by atoms with Gasteiger partial charge in [0.1, 0.15) is 0 Å². The van der Waals surface area contributed by atoms with Crippen LogP contribution in [0, 0.1) is 0 Å². The molecule has 5 N–H and O–H groups in total. The zero-order valence-corrected chi connectivity index (χ0v) is 9.79. The van der Waals surface area contributed by atoms with Gasteiger partial charge in [0.25, 0.3) is 0 Å². The molecule has 0 fully saturated rings. The maximum Gasteiger partial charge on any atom is 0.394 e. The lowest BCUT2D eigenvalue weighted by Crippen LogP contribution is -2.27. The Labute approximate surface area is 90.4 Å². The molecule has 0 aliphatic heterocycles. The Bertz CT molecular complexity index is 255. The van der Waals surface area contributed by atoms with Crippen molar-refractivity contribution >= 4 is 16.4 Å². The van der Waals surface area contributed by atoms with Crippen molar-refractivity contribution < 1.29 is 17.5 Å². The fourth-order valence-corrected chi connectivity index (χ4v) is 0.640. The largest absolute Gasteiger partial charge is 0.394 e. The molecule has 0 heterocycles. The van der Waals surface area contributed by atoms with Crippen molar-refractivity contribution in [2.24, 2.45) is 10.7 Å². The molecule has 15 heavy (non-hydrogen) atoms. The van der Waals surface area contributed by atoms with Gasteiger partial charge >= 0.3 is 10.4 Å². The first-order chi connectivity index (χ1) is 6.81. The van der Waals surface area contributed by atoms with Crippen LogP contribution in [-0.4, -0.2) is 37.1 Å². The molecule has 0 bridgehead atoms. The molecule has 8 heteroatoms. The van der Waals surface area contributed by atoms with E-state index in [1.54, 1.807) is 7.05 Å². The molecule has 0 aromatic heterocycles. The number of nitrogens with zero attached hydrogens (tertiary/aromatic N) is 1. The summed E-state index contributed by atoms with van der Waals surface area (Å²) in [7, 11) is -2.89. The van der Waals surface area contributed by atoms with Crippen LogP contribution in [0.3, 0.4) is 0 Å². The van der Waals surface area contributed by atoms with Crippen LogP contribution in [0.2, 0.25) is 0 Å². The van der Waals surface area contributed by atoms with E-state index in [9.17, 15) is 0 Å². The van der Waals surface area contributed by atoms with Gasteiger partial charge in [-0.15, -0.1) is 0 Å². The van der Waals surface area contributed by atoms with Crippen molar-refractivity contribution in [2.75, 3.05) is 13.6 Å². The molecule has 0 saturated heterocycles. The third-order valence-corrected chi connectivity index (χ3v) is 1.30. The molecule has 0 aromatic carbocycles. The molecule has 0 atom stereocenters. The van der Waals surface area contributed by atoms with Crippen LogP contribution in [0.15, 0.2) is 4.99 Å². The zero-order chi connectivity index (χ0) is 12.3. The molecule has 0 rings (SSSR count). The van der Waals surface area contributed by atoms with E-state index < -0.39 is 10.4 Å². The first-order valence-electron chi connectivity index (χ1n) is 4.48. The van der Waals surface area contributed by atoms with E-state index in [4.69, 9.17) is 23.3 Å². The van der Waals surface area contributed by atoms with Crippen LogP contribution < -0.4 is 11.1 Å². The van der Waals surface area contributed by atoms with Crippen LogP contribution >= 0.6 is 0 Å². The maximum atomic E-state index is 8.74. The minimum Gasteiger partial charge on any atom is -0.370 e. The average molecular weight is 241 g/mol. The van der Waals surface area contributed by atoms with Gasteiger partial charge in [0.2, 0.25) is 0 Å². The fraction of sp³-hybridized carbons (Fsp3) is 0.857. The standard InChI is InChI=1S/C7H17N3.H2O4S/c1-3-4-5-6-10-7(8)9-2;1-5(2,3)4/h3-6H2,1-2H3,(H3,8,9,10);(H2,1,2,3,4). The molecule has 0 spiro atoms. The minimum atomic E-state index is -4.67. The van der Waals surface area contributed by atoms with Gasteiger partial charge in [-0.3, -0.25) is 14.1 Å². The fourth-order valence-electron chi connectivity index (χ4n) is 0.640. The van der Waals surface area contributed by atoms with Crippen molar-refractivity contribution in [1.29, 1.82) is 0 Å². The molecular formula is C7H19N3O4S. The van der Waals surface area contributed by atoms with Crippen molar-refractivity contribution in [3.8, 4) is 0 Å². The second-order valence-corrected chi connectivity index (χ2v) is 3.57. The monoisotopic (exact) mass is 241 g/mol. The smallest absolute Gasteiger partial charge is 0.370 e. The summed E-state index contributed by atoms with van der Waals surface area (Å²) in [4.78, 5) is 4.06. The third-order valence-electron chi connectivity index (χ3n) is 1.30. The molecule has 0 aliphatic rings. The lowest BCUT2D eigenvalue weighted by atomic mass is 10.2. The van der Waals surface area contributed by atoms with E-state index in [1.165, 1.54) is 12.8 Å².